The van der Waals surface area contributed by atoms with E-state index in [4.69, 9.17) is 0 Å². The largest absolute Gasteiger partial charge is 0.308 e. The lowest BCUT2D eigenvalue weighted by Crippen LogP contribution is -2.35. The molecule has 17 heavy (non-hydrogen) atoms. The van der Waals surface area contributed by atoms with Gasteiger partial charge in [0, 0.05) is 23.3 Å². The molecule has 1 aromatic heterocycles. The van der Waals surface area contributed by atoms with E-state index in [2.05, 4.69) is 52.2 Å². The first kappa shape index (κ1) is 13.0. The zero-order valence-electron chi connectivity index (χ0n) is 10.6. The molecule has 0 spiro atoms. The molecule has 0 bridgehead atoms. The van der Waals surface area contributed by atoms with Crippen LogP contribution in [0.3, 0.4) is 0 Å². The van der Waals surface area contributed by atoms with Crippen molar-refractivity contribution >= 4 is 15.9 Å². The molecule has 3 unspecified atom stereocenters. The van der Waals surface area contributed by atoms with E-state index in [9.17, 15) is 0 Å². The minimum atomic E-state index is 0.673. The van der Waals surface area contributed by atoms with Crippen LogP contribution < -0.4 is 5.32 Å². The van der Waals surface area contributed by atoms with Gasteiger partial charge in [-0.15, -0.1) is 0 Å². The molecule has 1 aromatic rings. The Hall–Kier alpha value is -0.410. The number of rotatable bonds is 3. The molecule has 0 radical (unpaired) electrons. The van der Waals surface area contributed by atoms with Gasteiger partial charge in [0.1, 0.15) is 0 Å². The molecular formula is C14H21BrN2. The Morgan fingerprint density at radius 1 is 1.29 bits per heavy atom. The summed E-state index contributed by atoms with van der Waals surface area (Å²) in [5.74, 6) is 1.73. The molecule has 3 atom stereocenters. The van der Waals surface area contributed by atoms with Crippen LogP contribution in [-0.2, 0) is 6.54 Å². The van der Waals surface area contributed by atoms with Crippen molar-refractivity contribution in [2.45, 2.75) is 45.7 Å². The number of nitrogens with one attached hydrogen (secondary N) is 1. The van der Waals surface area contributed by atoms with Crippen molar-refractivity contribution in [3.8, 4) is 0 Å². The topological polar surface area (TPSA) is 24.9 Å². The van der Waals surface area contributed by atoms with Gasteiger partial charge in [0.2, 0.25) is 0 Å². The summed E-state index contributed by atoms with van der Waals surface area (Å²) < 4.78 is 1.04. The number of halogens is 1. The van der Waals surface area contributed by atoms with Crippen LogP contribution in [0.15, 0.2) is 22.8 Å². The first-order chi connectivity index (χ1) is 8.15. The molecule has 1 fully saturated rings. The molecule has 0 saturated heterocycles. The fourth-order valence-electron chi connectivity index (χ4n) is 2.49. The fourth-order valence-corrected chi connectivity index (χ4v) is 2.73. The first-order valence-corrected chi connectivity index (χ1v) is 7.28. The van der Waals surface area contributed by atoms with Gasteiger partial charge in [0.15, 0.2) is 0 Å². The molecule has 0 aliphatic heterocycles. The predicted molar refractivity (Wildman–Crippen MR) is 74.7 cm³/mol. The first-order valence-electron chi connectivity index (χ1n) is 6.49. The Morgan fingerprint density at radius 2 is 2.12 bits per heavy atom. The van der Waals surface area contributed by atoms with Crippen LogP contribution in [0.2, 0.25) is 0 Å². The van der Waals surface area contributed by atoms with E-state index in [1.807, 2.05) is 6.20 Å². The molecule has 1 aliphatic rings. The van der Waals surface area contributed by atoms with Gasteiger partial charge in [-0.3, -0.25) is 4.98 Å². The Balaban J connectivity index is 1.80. The van der Waals surface area contributed by atoms with Crippen molar-refractivity contribution in [3.05, 3.63) is 28.5 Å². The van der Waals surface area contributed by atoms with E-state index in [1.54, 1.807) is 0 Å². The summed E-state index contributed by atoms with van der Waals surface area (Å²) in [5.41, 5.74) is 1.12. The molecule has 2 nitrogen and oxygen atoms in total. The molecule has 1 aliphatic carbocycles. The van der Waals surface area contributed by atoms with Crippen LogP contribution >= 0.6 is 15.9 Å². The van der Waals surface area contributed by atoms with Crippen molar-refractivity contribution in [3.63, 3.8) is 0 Å². The van der Waals surface area contributed by atoms with Gasteiger partial charge in [0.25, 0.3) is 0 Å². The summed E-state index contributed by atoms with van der Waals surface area (Å²) in [7, 11) is 0. The van der Waals surface area contributed by atoms with Crippen molar-refractivity contribution in [2.75, 3.05) is 0 Å². The van der Waals surface area contributed by atoms with Crippen LogP contribution in [0.1, 0.15) is 38.8 Å². The van der Waals surface area contributed by atoms with Gasteiger partial charge in [-0.05, 0) is 59.2 Å². The van der Waals surface area contributed by atoms with Gasteiger partial charge in [-0.25, -0.2) is 0 Å². The average Bonchev–Trinajstić information content (AvgIpc) is 2.33. The fraction of sp³-hybridized carbons (Fsp3) is 0.643. The lowest BCUT2D eigenvalue weighted by Gasteiger charge is -2.32. The summed E-state index contributed by atoms with van der Waals surface area (Å²) in [6.45, 7) is 5.63. The van der Waals surface area contributed by atoms with Gasteiger partial charge in [0.05, 0.1) is 5.69 Å². The van der Waals surface area contributed by atoms with E-state index in [0.29, 0.717) is 6.04 Å². The summed E-state index contributed by atoms with van der Waals surface area (Å²) in [6, 6.07) is 4.80. The molecule has 0 amide bonds. The zero-order chi connectivity index (χ0) is 12.3. The number of hydrogen-bond donors (Lipinski definition) is 1. The van der Waals surface area contributed by atoms with E-state index in [0.717, 1.165) is 28.5 Å². The van der Waals surface area contributed by atoms with Gasteiger partial charge >= 0.3 is 0 Å². The maximum atomic E-state index is 4.39. The Kier molecular flexibility index (Phi) is 4.57. The third kappa shape index (κ3) is 3.78. The maximum absolute atomic E-state index is 4.39. The summed E-state index contributed by atoms with van der Waals surface area (Å²) >= 11 is 3.40. The summed E-state index contributed by atoms with van der Waals surface area (Å²) in [6.07, 6.45) is 5.83. The maximum Gasteiger partial charge on any atom is 0.0542 e. The minimum Gasteiger partial charge on any atom is -0.308 e. The molecule has 0 aromatic carbocycles. The van der Waals surface area contributed by atoms with Crippen molar-refractivity contribution in [2.24, 2.45) is 11.8 Å². The second kappa shape index (κ2) is 5.96. The Labute approximate surface area is 112 Å². The smallest absolute Gasteiger partial charge is 0.0542 e. The van der Waals surface area contributed by atoms with Crippen LogP contribution in [0.25, 0.3) is 0 Å². The third-order valence-electron chi connectivity index (χ3n) is 3.96. The molecule has 1 N–H and O–H groups in total. The highest BCUT2D eigenvalue weighted by atomic mass is 79.9. The van der Waals surface area contributed by atoms with Gasteiger partial charge < -0.3 is 5.32 Å². The second-order valence-corrected chi connectivity index (χ2v) is 6.23. The Bertz CT molecular complexity index is 350. The number of nitrogens with zero attached hydrogens (tertiary/aromatic N) is 1. The highest BCUT2D eigenvalue weighted by molar-refractivity contribution is 9.10. The van der Waals surface area contributed by atoms with E-state index < -0.39 is 0 Å². The highest BCUT2D eigenvalue weighted by Crippen LogP contribution is 2.29. The second-order valence-electron chi connectivity index (χ2n) is 5.31. The van der Waals surface area contributed by atoms with Crippen molar-refractivity contribution in [1.29, 1.82) is 0 Å². The molecule has 94 valence electrons. The molecule has 1 heterocycles. The number of pyridine rings is 1. The highest BCUT2D eigenvalue weighted by Gasteiger charge is 2.23. The van der Waals surface area contributed by atoms with Crippen molar-refractivity contribution < 1.29 is 0 Å². The predicted octanol–water partition coefficient (Wildman–Crippen LogP) is 3.76. The van der Waals surface area contributed by atoms with E-state index in [-0.39, 0.29) is 0 Å². The van der Waals surface area contributed by atoms with Crippen molar-refractivity contribution in [1.82, 2.24) is 10.3 Å². The van der Waals surface area contributed by atoms with Crippen LogP contribution in [-0.4, -0.2) is 11.0 Å². The number of hydrogen-bond acceptors (Lipinski definition) is 2. The standard InChI is InChI=1S/C14H21BrN2/c1-10-3-5-13(7-11(10)2)17-9-14-6-4-12(15)8-16-14/h4,6,8,10-11,13,17H,3,5,7,9H2,1-2H3. The average molecular weight is 297 g/mol. The lowest BCUT2D eigenvalue weighted by atomic mass is 9.79. The lowest BCUT2D eigenvalue weighted by molar-refractivity contribution is 0.225. The van der Waals surface area contributed by atoms with Crippen LogP contribution in [0, 0.1) is 11.8 Å². The van der Waals surface area contributed by atoms with E-state index in [1.165, 1.54) is 19.3 Å². The van der Waals surface area contributed by atoms with Gasteiger partial charge in [-0.2, -0.15) is 0 Å². The molecule has 1 saturated carbocycles. The summed E-state index contributed by atoms with van der Waals surface area (Å²) in [5, 5.41) is 3.63. The van der Waals surface area contributed by atoms with E-state index >= 15 is 0 Å². The van der Waals surface area contributed by atoms with Gasteiger partial charge in [-0.1, -0.05) is 13.8 Å². The minimum absolute atomic E-state index is 0.673. The zero-order valence-corrected chi connectivity index (χ0v) is 12.2. The summed E-state index contributed by atoms with van der Waals surface area (Å²) in [4.78, 5) is 4.39. The number of aromatic nitrogens is 1. The monoisotopic (exact) mass is 296 g/mol. The molecule has 3 heteroatoms. The third-order valence-corrected chi connectivity index (χ3v) is 4.43. The van der Waals surface area contributed by atoms with Crippen LogP contribution in [0.4, 0.5) is 0 Å². The molecular weight excluding hydrogens is 276 g/mol. The SMILES string of the molecule is CC1CCC(NCc2ccc(Br)cn2)CC1C. The Morgan fingerprint density at radius 3 is 2.76 bits per heavy atom. The quantitative estimate of drug-likeness (QED) is 0.919. The normalized spacial score (nSPS) is 29.2. The van der Waals surface area contributed by atoms with Crippen LogP contribution in [0.5, 0.6) is 0 Å². The molecule has 2 rings (SSSR count).